The fourth-order valence-corrected chi connectivity index (χ4v) is 6.77. The van der Waals surface area contributed by atoms with E-state index in [1.165, 1.54) is 19.5 Å². The molecule has 1 unspecified atom stereocenters. The van der Waals surface area contributed by atoms with Crippen LogP contribution in [0.3, 0.4) is 0 Å². The molecule has 1 aromatic heterocycles. The predicted octanol–water partition coefficient (Wildman–Crippen LogP) is 3.93. The van der Waals surface area contributed by atoms with Crippen molar-refractivity contribution in [2.24, 2.45) is 0 Å². The molecular weight excluding hydrogens is 398 g/mol. The number of fused-ring (bicyclic) bond motifs is 2. The minimum atomic E-state index is 0.246. The van der Waals surface area contributed by atoms with Crippen molar-refractivity contribution in [3.63, 3.8) is 0 Å². The highest BCUT2D eigenvalue weighted by Gasteiger charge is 2.36. The summed E-state index contributed by atoms with van der Waals surface area (Å²) in [4.78, 5) is 22.9. The zero-order valence-corrected chi connectivity index (χ0v) is 18.3. The van der Waals surface area contributed by atoms with Crippen LogP contribution in [0.4, 0.5) is 5.69 Å². The molecule has 2 aromatic carbocycles. The largest absolute Gasteiger partial charge is 0.319 e. The Labute approximate surface area is 179 Å². The summed E-state index contributed by atoms with van der Waals surface area (Å²) in [5, 5.41) is 1.72. The topological polar surface area (TPSA) is 37.6 Å². The Morgan fingerprint density at radius 3 is 2.90 bits per heavy atom. The first-order valence-electron chi connectivity index (χ1n) is 10.4. The van der Waals surface area contributed by atoms with Crippen LogP contribution in [0, 0.1) is 0 Å². The average Bonchev–Trinajstić information content (AvgIpc) is 3.31. The van der Waals surface area contributed by atoms with Gasteiger partial charge in [0.2, 0.25) is 0 Å². The second-order valence-corrected chi connectivity index (χ2v) is 10.6. The lowest BCUT2D eigenvalue weighted by Crippen LogP contribution is -3.11. The number of nitrogens with zero attached hydrogens (tertiary/aromatic N) is 2. The lowest BCUT2D eigenvalue weighted by molar-refractivity contribution is -0.910. The van der Waals surface area contributed by atoms with E-state index >= 15 is 0 Å². The average molecular weight is 425 g/mol. The molecule has 3 aromatic rings. The molecule has 5 rings (SSSR count). The van der Waals surface area contributed by atoms with E-state index in [-0.39, 0.29) is 5.91 Å². The van der Waals surface area contributed by atoms with E-state index in [9.17, 15) is 4.79 Å². The van der Waals surface area contributed by atoms with E-state index in [0.29, 0.717) is 17.8 Å². The van der Waals surface area contributed by atoms with Crippen molar-refractivity contribution in [1.29, 1.82) is 0 Å². The number of thioether (sulfide) groups is 1. The number of quaternary nitrogens is 1. The molecular formula is C23H26N3OS2+. The molecule has 1 fully saturated rings. The number of thiazole rings is 1. The maximum Gasteiger partial charge on any atom is 0.282 e. The van der Waals surface area contributed by atoms with Crippen LogP contribution in [0.2, 0.25) is 0 Å². The van der Waals surface area contributed by atoms with Crippen LogP contribution in [0.15, 0.2) is 53.4 Å². The van der Waals surface area contributed by atoms with E-state index in [2.05, 4.69) is 43.3 Å². The Morgan fingerprint density at radius 2 is 2.00 bits per heavy atom. The molecule has 1 amide bonds. The summed E-state index contributed by atoms with van der Waals surface area (Å²) in [6.07, 6.45) is 3.31. The van der Waals surface area contributed by atoms with Crippen molar-refractivity contribution in [3.05, 3.63) is 53.5 Å². The van der Waals surface area contributed by atoms with Crippen molar-refractivity contribution < 1.29 is 9.69 Å². The summed E-state index contributed by atoms with van der Waals surface area (Å²) in [5.41, 5.74) is 2.17. The highest BCUT2D eigenvalue weighted by molar-refractivity contribution is 8.00. The lowest BCUT2D eigenvalue weighted by atomic mass is 10.2. The molecule has 4 nitrogen and oxygen atoms in total. The van der Waals surface area contributed by atoms with Crippen LogP contribution in [0.25, 0.3) is 10.2 Å². The Kier molecular flexibility index (Phi) is 5.33. The van der Waals surface area contributed by atoms with Crippen LogP contribution in [0.5, 0.6) is 0 Å². The molecule has 150 valence electrons. The number of carbonyl (C=O) groups is 1. The van der Waals surface area contributed by atoms with Crippen molar-refractivity contribution in [1.82, 2.24) is 4.98 Å². The molecule has 2 aliphatic heterocycles. The molecule has 0 radical (unpaired) electrons. The number of aromatic nitrogens is 1. The second-order valence-electron chi connectivity index (χ2n) is 8.03. The number of rotatable bonds is 3. The molecule has 1 saturated heterocycles. The number of hydrogen-bond donors (Lipinski definition) is 1. The lowest BCUT2D eigenvalue weighted by Gasteiger charge is -2.26. The van der Waals surface area contributed by atoms with Gasteiger partial charge in [-0.2, -0.15) is 0 Å². The van der Waals surface area contributed by atoms with E-state index in [1.807, 2.05) is 28.8 Å². The third kappa shape index (κ3) is 3.81. The van der Waals surface area contributed by atoms with Crippen molar-refractivity contribution >= 4 is 44.9 Å². The number of hydrogen-bond acceptors (Lipinski definition) is 4. The van der Waals surface area contributed by atoms with Gasteiger partial charge in [0.15, 0.2) is 11.6 Å². The van der Waals surface area contributed by atoms with Gasteiger partial charge in [-0.3, -0.25) is 4.79 Å². The van der Waals surface area contributed by atoms with Crippen molar-refractivity contribution in [3.8, 4) is 0 Å². The fourth-order valence-electron chi connectivity index (χ4n) is 4.50. The van der Waals surface area contributed by atoms with Crippen molar-refractivity contribution in [2.75, 3.05) is 24.5 Å². The van der Waals surface area contributed by atoms with Crippen LogP contribution < -0.4 is 9.80 Å². The number of likely N-dealkylation sites (tertiary alicyclic amines) is 1. The number of anilines is 1. The number of amides is 1. The van der Waals surface area contributed by atoms with Gasteiger partial charge in [-0.25, -0.2) is 4.98 Å². The van der Waals surface area contributed by atoms with Gasteiger partial charge in [-0.1, -0.05) is 31.2 Å². The molecule has 1 N–H and O–H groups in total. The van der Waals surface area contributed by atoms with E-state index in [4.69, 9.17) is 4.98 Å². The van der Waals surface area contributed by atoms with Gasteiger partial charge in [0.05, 0.1) is 22.4 Å². The maximum absolute atomic E-state index is 13.4. The summed E-state index contributed by atoms with van der Waals surface area (Å²) in [5.74, 6) is 0.246. The first-order valence-corrected chi connectivity index (χ1v) is 12.1. The molecule has 29 heavy (non-hydrogen) atoms. The number of nitrogens with one attached hydrogen (secondary N) is 1. The quantitative estimate of drug-likeness (QED) is 0.692. The molecule has 3 atom stereocenters. The number of para-hydroxylation sites is 2. The van der Waals surface area contributed by atoms with Gasteiger partial charge >= 0.3 is 0 Å². The van der Waals surface area contributed by atoms with Gasteiger partial charge in [-0.15, -0.1) is 23.1 Å². The van der Waals surface area contributed by atoms with E-state index in [1.54, 1.807) is 11.3 Å². The summed E-state index contributed by atoms with van der Waals surface area (Å²) in [6.45, 7) is 4.66. The van der Waals surface area contributed by atoms with Crippen LogP contribution in [0.1, 0.15) is 37.2 Å². The third-order valence-electron chi connectivity index (χ3n) is 6.01. The van der Waals surface area contributed by atoms with E-state index in [0.717, 1.165) is 43.6 Å². The van der Waals surface area contributed by atoms with Gasteiger partial charge < -0.3 is 9.80 Å². The third-order valence-corrected chi connectivity index (χ3v) is 8.40. The minimum Gasteiger partial charge on any atom is -0.319 e. The van der Waals surface area contributed by atoms with E-state index < -0.39 is 0 Å². The predicted molar refractivity (Wildman–Crippen MR) is 121 cm³/mol. The Morgan fingerprint density at radius 1 is 1.17 bits per heavy atom. The first kappa shape index (κ1) is 19.1. The normalized spacial score (nSPS) is 24.4. The SMILES string of the molecule is C[C@@H]1CCN(C(=O)C[NH+]2CCC[C@@H]2c2nc3ccccc3s2)c2ccccc2S1. The summed E-state index contributed by atoms with van der Waals surface area (Å²) >= 11 is 3.68. The molecule has 3 heterocycles. The Balaban J connectivity index is 1.37. The highest BCUT2D eigenvalue weighted by Crippen LogP contribution is 2.37. The van der Waals surface area contributed by atoms with Gasteiger partial charge in [0.1, 0.15) is 6.04 Å². The maximum atomic E-state index is 13.4. The summed E-state index contributed by atoms with van der Waals surface area (Å²) in [7, 11) is 0. The monoisotopic (exact) mass is 424 g/mol. The zero-order valence-electron chi connectivity index (χ0n) is 16.6. The fraction of sp³-hybridized carbons (Fsp3) is 0.391. The zero-order chi connectivity index (χ0) is 19.8. The molecule has 2 aliphatic rings. The highest BCUT2D eigenvalue weighted by atomic mass is 32.2. The number of carbonyl (C=O) groups excluding carboxylic acids is 1. The first-order chi connectivity index (χ1) is 14.2. The summed E-state index contributed by atoms with van der Waals surface area (Å²) < 4.78 is 1.24. The minimum absolute atomic E-state index is 0.246. The van der Waals surface area contributed by atoms with Crippen LogP contribution in [-0.2, 0) is 4.79 Å². The second kappa shape index (κ2) is 8.09. The Hall–Kier alpha value is -1.89. The standard InChI is InChI=1S/C23H25N3OS2/c1-16-12-14-26(18-8-3-5-11-21(18)28-16)22(27)15-25-13-6-9-19(25)23-24-17-7-2-4-10-20(17)29-23/h2-5,7-8,10-11,16,19H,6,9,12-15H2,1H3/p+1/t16-,19-/m1/s1. The summed E-state index contributed by atoms with van der Waals surface area (Å²) in [6, 6.07) is 17.0. The molecule has 0 saturated carbocycles. The molecule has 0 bridgehead atoms. The molecule has 0 spiro atoms. The van der Waals surface area contributed by atoms with Gasteiger partial charge in [0.25, 0.3) is 5.91 Å². The van der Waals surface area contributed by atoms with Gasteiger partial charge in [-0.05, 0) is 30.7 Å². The molecule has 0 aliphatic carbocycles. The number of benzene rings is 2. The Bertz CT molecular complexity index is 1000. The van der Waals surface area contributed by atoms with Crippen LogP contribution >= 0.6 is 23.1 Å². The van der Waals surface area contributed by atoms with Crippen molar-refractivity contribution in [2.45, 2.75) is 42.4 Å². The van der Waals surface area contributed by atoms with Crippen LogP contribution in [-0.4, -0.2) is 35.8 Å². The smallest absolute Gasteiger partial charge is 0.282 e. The molecule has 6 heteroatoms. The van der Waals surface area contributed by atoms with Gasteiger partial charge in [0, 0.05) is 29.5 Å².